The summed E-state index contributed by atoms with van der Waals surface area (Å²) in [6.45, 7) is 4.51. The third-order valence-corrected chi connectivity index (χ3v) is 5.43. The molecule has 0 saturated heterocycles. The number of para-hydroxylation sites is 1. The second kappa shape index (κ2) is 9.99. The van der Waals surface area contributed by atoms with Crippen molar-refractivity contribution in [3.05, 3.63) is 54.1 Å². The summed E-state index contributed by atoms with van der Waals surface area (Å²) in [4.78, 5) is 12.0. The van der Waals surface area contributed by atoms with Gasteiger partial charge in [0.05, 0.1) is 25.1 Å². The van der Waals surface area contributed by atoms with E-state index in [9.17, 15) is 4.79 Å². The summed E-state index contributed by atoms with van der Waals surface area (Å²) in [6, 6.07) is 15.9. The largest absolute Gasteiger partial charge is 0.497 e. The minimum atomic E-state index is -0.143. The van der Waals surface area contributed by atoms with Gasteiger partial charge in [-0.2, -0.15) is 0 Å². The van der Waals surface area contributed by atoms with Gasteiger partial charge in [-0.15, -0.1) is 16.6 Å². The highest BCUT2D eigenvalue weighted by molar-refractivity contribution is 7.99. The Balaban J connectivity index is 2.05. The molecule has 6 nitrogen and oxygen atoms in total. The molecule has 3 rings (SSSR count). The molecule has 2 aromatic carbocycles. The van der Waals surface area contributed by atoms with Crippen LogP contribution < -0.4 is 10.1 Å². The molecule has 0 radical (unpaired) electrons. The van der Waals surface area contributed by atoms with E-state index < -0.39 is 0 Å². The summed E-state index contributed by atoms with van der Waals surface area (Å²) < 4.78 is 7.28. The minimum Gasteiger partial charge on any atom is -0.497 e. The standard InChI is InChI=1S/C23H24N4O2S/c1-5-14-24-21(28)15-30-23-26-25-22(17-10-12-18(29-4)13-11-17)27(23)20-9-7-6-8-19(20)16(2)3/h1,6-13,16H,14-15H2,2-4H3,(H,24,28). The molecule has 0 bridgehead atoms. The number of benzene rings is 2. The van der Waals surface area contributed by atoms with Gasteiger partial charge >= 0.3 is 0 Å². The van der Waals surface area contributed by atoms with Crippen molar-refractivity contribution in [2.45, 2.75) is 24.9 Å². The molecule has 0 aliphatic carbocycles. The topological polar surface area (TPSA) is 69.0 Å². The normalized spacial score (nSPS) is 10.6. The molecule has 0 saturated carbocycles. The van der Waals surface area contributed by atoms with Crippen LogP contribution in [0.5, 0.6) is 5.75 Å². The van der Waals surface area contributed by atoms with E-state index in [1.165, 1.54) is 17.3 Å². The first kappa shape index (κ1) is 21.5. The molecule has 154 valence electrons. The van der Waals surface area contributed by atoms with Crippen molar-refractivity contribution >= 4 is 17.7 Å². The number of terminal acetylenes is 1. The van der Waals surface area contributed by atoms with Crippen LogP contribution in [0.1, 0.15) is 25.3 Å². The SMILES string of the molecule is C#CCNC(=O)CSc1nnc(-c2ccc(OC)cc2)n1-c1ccccc1C(C)C. The van der Waals surface area contributed by atoms with Gasteiger partial charge in [-0.25, -0.2) is 0 Å². The van der Waals surface area contributed by atoms with Gasteiger partial charge in [0, 0.05) is 5.56 Å². The quantitative estimate of drug-likeness (QED) is 0.442. The summed E-state index contributed by atoms with van der Waals surface area (Å²) in [7, 11) is 1.64. The lowest BCUT2D eigenvalue weighted by atomic mass is 10.0. The van der Waals surface area contributed by atoms with E-state index in [1.807, 2.05) is 47.0 Å². The minimum absolute atomic E-state index is 0.143. The van der Waals surface area contributed by atoms with Gasteiger partial charge in [0.25, 0.3) is 0 Å². The molecule has 30 heavy (non-hydrogen) atoms. The Kier molecular flexibility index (Phi) is 7.15. The van der Waals surface area contributed by atoms with Crippen LogP contribution in [0.25, 0.3) is 17.1 Å². The van der Waals surface area contributed by atoms with Gasteiger partial charge in [0.2, 0.25) is 5.91 Å². The van der Waals surface area contributed by atoms with Crippen LogP contribution in [0.3, 0.4) is 0 Å². The third-order valence-electron chi connectivity index (χ3n) is 4.50. The summed E-state index contributed by atoms with van der Waals surface area (Å²) in [5, 5.41) is 12.2. The van der Waals surface area contributed by atoms with Gasteiger partial charge < -0.3 is 10.1 Å². The molecule has 3 aromatic rings. The number of amides is 1. The first-order chi connectivity index (χ1) is 14.5. The van der Waals surface area contributed by atoms with Crippen molar-refractivity contribution in [1.29, 1.82) is 0 Å². The van der Waals surface area contributed by atoms with Crippen LogP contribution in [-0.2, 0) is 4.79 Å². The first-order valence-corrected chi connectivity index (χ1v) is 10.6. The van der Waals surface area contributed by atoms with Gasteiger partial charge in [0.15, 0.2) is 11.0 Å². The molecule has 1 aromatic heterocycles. The average molecular weight is 421 g/mol. The van der Waals surface area contributed by atoms with E-state index in [0.717, 1.165) is 17.0 Å². The molecular formula is C23H24N4O2S. The molecule has 0 spiro atoms. The molecule has 7 heteroatoms. The lowest BCUT2D eigenvalue weighted by molar-refractivity contribution is -0.118. The molecule has 0 aliphatic rings. The van der Waals surface area contributed by atoms with Crippen LogP contribution in [0.2, 0.25) is 0 Å². The summed E-state index contributed by atoms with van der Waals surface area (Å²) in [5.41, 5.74) is 3.08. The number of carbonyl (C=O) groups is 1. The second-order valence-electron chi connectivity index (χ2n) is 6.85. The number of methoxy groups -OCH3 is 1. The zero-order valence-corrected chi connectivity index (χ0v) is 18.1. The summed E-state index contributed by atoms with van der Waals surface area (Å²) >= 11 is 1.33. The molecule has 0 aliphatic heterocycles. The zero-order valence-electron chi connectivity index (χ0n) is 17.3. The molecular weight excluding hydrogens is 396 g/mol. The van der Waals surface area contributed by atoms with Gasteiger partial charge in [0.1, 0.15) is 5.75 Å². The Bertz CT molecular complexity index is 1050. The maximum absolute atomic E-state index is 12.0. The number of hydrogen-bond donors (Lipinski definition) is 1. The van der Waals surface area contributed by atoms with E-state index in [4.69, 9.17) is 11.2 Å². The number of rotatable bonds is 8. The Hall–Kier alpha value is -3.24. The number of ether oxygens (including phenoxy) is 1. The fourth-order valence-corrected chi connectivity index (χ4v) is 3.79. The van der Waals surface area contributed by atoms with E-state index in [0.29, 0.717) is 16.9 Å². The molecule has 0 fully saturated rings. The number of carbonyl (C=O) groups excluding carboxylic acids is 1. The lowest BCUT2D eigenvalue weighted by Gasteiger charge is -2.17. The fourth-order valence-electron chi connectivity index (χ4n) is 3.02. The van der Waals surface area contributed by atoms with E-state index in [2.05, 4.69) is 41.3 Å². The second-order valence-corrected chi connectivity index (χ2v) is 7.80. The van der Waals surface area contributed by atoms with Crippen molar-refractivity contribution in [3.63, 3.8) is 0 Å². The number of hydrogen-bond acceptors (Lipinski definition) is 5. The molecule has 0 atom stereocenters. The van der Waals surface area contributed by atoms with Crippen LogP contribution >= 0.6 is 11.8 Å². The van der Waals surface area contributed by atoms with Crippen LogP contribution in [0, 0.1) is 12.3 Å². The zero-order chi connectivity index (χ0) is 21.5. The summed E-state index contributed by atoms with van der Waals surface area (Å²) in [6.07, 6.45) is 5.21. The van der Waals surface area contributed by atoms with Gasteiger partial charge in [-0.3, -0.25) is 9.36 Å². The Morgan fingerprint density at radius 2 is 1.93 bits per heavy atom. The Morgan fingerprint density at radius 1 is 1.20 bits per heavy atom. The van der Waals surface area contributed by atoms with Crippen molar-refractivity contribution in [3.8, 4) is 35.2 Å². The van der Waals surface area contributed by atoms with E-state index >= 15 is 0 Å². The maximum Gasteiger partial charge on any atom is 0.231 e. The Morgan fingerprint density at radius 3 is 2.60 bits per heavy atom. The van der Waals surface area contributed by atoms with Crippen LogP contribution in [0.4, 0.5) is 0 Å². The maximum atomic E-state index is 12.0. The predicted octanol–water partition coefficient (Wildman–Crippen LogP) is 3.91. The number of aromatic nitrogens is 3. The van der Waals surface area contributed by atoms with E-state index in [1.54, 1.807) is 7.11 Å². The molecule has 1 heterocycles. The van der Waals surface area contributed by atoms with Gasteiger partial charge in [-0.1, -0.05) is 49.7 Å². The lowest BCUT2D eigenvalue weighted by Crippen LogP contribution is -2.25. The number of nitrogens with zero attached hydrogens (tertiary/aromatic N) is 3. The third kappa shape index (κ3) is 4.84. The Labute approximate surface area is 181 Å². The number of nitrogens with one attached hydrogen (secondary N) is 1. The smallest absolute Gasteiger partial charge is 0.231 e. The molecule has 1 N–H and O–H groups in total. The fraction of sp³-hybridized carbons (Fsp3) is 0.261. The van der Waals surface area contributed by atoms with E-state index in [-0.39, 0.29) is 18.2 Å². The van der Waals surface area contributed by atoms with Crippen molar-refractivity contribution in [2.24, 2.45) is 0 Å². The highest BCUT2D eigenvalue weighted by atomic mass is 32.2. The predicted molar refractivity (Wildman–Crippen MR) is 120 cm³/mol. The molecule has 0 unspecified atom stereocenters. The summed E-state index contributed by atoms with van der Waals surface area (Å²) in [5.74, 6) is 4.25. The highest BCUT2D eigenvalue weighted by Crippen LogP contribution is 2.32. The van der Waals surface area contributed by atoms with Crippen molar-refractivity contribution < 1.29 is 9.53 Å². The molecule has 1 amide bonds. The highest BCUT2D eigenvalue weighted by Gasteiger charge is 2.20. The number of thioether (sulfide) groups is 1. The van der Waals surface area contributed by atoms with Crippen molar-refractivity contribution in [2.75, 3.05) is 19.4 Å². The van der Waals surface area contributed by atoms with Gasteiger partial charge in [-0.05, 0) is 41.8 Å². The van der Waals surface area contributed by atoms with Crippen LogP contribution in [-0.4, -0.2) is 40.1 Å². The first-order valence-electron chi connectivity index (χ1n) is 9.57. The van der Waals surface area contributed by atoms with Crippen LogP contribution in [0.15, 0.2) is 53.7 Å². The van der Waals surface area contributed by atoms with Crippen molar-refractivity contribution in [1.82, 2.24) is 20.1 Å². The monoisotopic (exact) mass is 420 g/mol. The average Bonchev–Trinajstić information content (AvgIpc) is 3.20.